The molecule has 1 heterocycles. The summed E-state index contributed by atoms with van der Waals surface area (Å²) in [5, 5.41) is 13.5. The van der Waals surface area contributed by atoms with Crippen molar-refractivity contribution in [2.45, 2.75) is 13.5 Å². The third-order valence-electron chi connectivity index (χ3n) is 2.92. The summed E-state index contributed by atoms with van der Waals surface area (Å²) in [7, 11) is 0. The summed E-state index contributed by atoms with van der Waals surface area (Å²) in [4.78, 5) is 25.9. The molecule has 2 rings (SSSR count). The van der Waals surface area contributed by atoms with Gasteiger partial charge in [0.05, 0.1) is 4.92 Å². The van der Waals surface area contributed by atoms with Crippen molar-refractivity contribution in [3.63, 3.8) is 0 Å². The lowest BCUT2D eigenvalue weighted by Gasteiger charge is -2.06. The molecule has 1 aromatic heterocycles. The number of hydrogen-bond acceptors (Lipinski definition) is 5. The van der Waals surface area contributed by atoms with Gasteiger partial charge in [0.15, 0.2) is 0 Å². The average molecular weight is 286 g/mol. The molecule has 21 heavy (non-hydrogen) atoms. The summed E-state index contributed by atoms with van der Waals surface area (Å²) in [6.45, 7) is 2.24. The highest BCUT2D eigenvalue weighted by molar-refractivity contribution is 5.98. The number of nitrogens with one attached hydrogen (secondary N) is 1. The second-order valence-electron chi connectivity index (χ2n) is 4.55. The molecule has 0 saturated carbocycles. The molecule has 108 valence electrons. The van der Waals surface area contributed by atoms with E-state index in [0.29, 0.717) is 0 Å². The zero-order valence-electron chi connectivity index (χ0n) is 11.4. The first-order valence-electron chi connectivity index (χ1n) is 6.21. The lowest BCUT2D eigenvalue weighted by molar-refractivity contribution is -0.385. The number of hydrogen-bond donors (Lipinski definition) is 2. The molecule has 1 aromatic carbocycles. The van der Waals surface area contributed by atoms with Crippen LogP contribution in [0.3, 0.4) is 0 Å². The second kappa shape index (κ2) is 6.00. The minimum Gasteiger partial charge on any atom is -0.384 e. The molecule has 0 atom stereocenters. The standard InChI is InChI=1S/C14H14N4O3/c1-9-2-4-10(5-3-9)7-17-14(19)11-6-13(15)16-8-12(11)18(20)21/h2-6,8H,7H2,1H3,(H2,15,16)(H,17,19). The Morgan fingerprint density at radius 3 is 2.67 bits per heavy atom. The van der Waals surface area contributed by atoms with Crippen molar-refractivity contribution >= 4 is 17.4 Å². The van der Waals surface area contributed by atoms with Crippen LogP contribution in [0.5, 0.6) is 0 Å². The Labute approximate surface area is 121 Å². The molecule has 0 fully saturated rings. The van der Waals surface area contributed by atoms with Gasteiger partial charge in [-0.25, -0.2) is 4.98 Å². The maximum absolute atomic E-state index is 12.1. The second-order valence-corrected chi connectivity index (χ2v) is 4.55. The SMILES string of the molecule is Cc1ccc(CNC(=O)c2cc(N)ncc2[N+](=O)[O-])cc1. The van der Waals surface area contributed by atoms with Crippen molar-refractivity contribution in [1.82, 2.24) is 10.3 Å². The first-order valence-corrected chi connectivity index (χ1v) is 6.21. The van der Waals surface area contributed by atoms with E-state index in [1.165, 1.54) is 6.07 Å². The lowest BCUT2D eigenvalue weighted by Crippen LogP contribution is -2.24. The van der Waals surface area contributed by atoms with Crippen molar-refractivity contribution in [3.05, 3.63) is 63.3 Å². The summed E-state index contributed by atoms with van der Waals surface area (Å²) >= 11 is 0. The maximum Gasteiger partial charge on any atom is 0.300 e. The molecule has 1 amide bonds. The number of rotatable bonds is 4. The quantitative estimate of drug-likeness (QED) is 0.657. The number of carbonyl (C=O) groups is 1. The molecule has 0 spiro atoms. The molecule has 0 aliphatic carbocycles. The normalized spacial score (nSPS) is 10.1. The summed E-state index contributed by atoms with van der Waals surface area (Å²) in [5.41, 5.74) is 7.02. The van der Waals surface area contributed by atoms with Crippen molar-refractivity contribution in [2.24, 2.45) is 0 Å². The molecular formula is C14H14N4O3. The number of anilines is 1. The van der Waals surface area contributed by atoms with Gasteiger partial charge in [-0.3, -0.25) is 14.9 Å². The zero-order valence-corrected chi connectivity index (χ0v) is 11.4. The molecular weight excluding hydrogens is 272 g/mol. The minimum absolute atomic E-state index is 0.0566. The number of nitro groups is 1. The van der Waals surface area contributed by atoms with Gasteiger partial charge in [-0.1, -0.05) is 29.8 Å². The number of carbonyl (C=O) groups excluding carboxylic acids is 1. The Balaban J connectivity index is 2.15. The summed E-state index contributed by atoms with van der Waals surface area (Å²) < 4.78 is 0. The van der Waals surface area contributed by atoms with Gasteiger partial charge in [-0.05, 0) is 18.6 Å². The number of pyridine rings is 1. The van der Waals surface area contributed by atoms with Crippen LogP contribution in [0.4, 0.5) is 11.5 Å². The van der Waals surface area contributed by atoms with Crippen LogP contribution in [0.1, 0.15) is 21.5 Å². The molecule has 0 saturated heterocycles. The van der Waals surface area contributed by atoms with E-state index in [-0.39, 0.29) is 23.6 Å². The van der Waals surface area contributed by atoms with Crippen molar-refractivity contribution in [1.29, 1.82) is 0 Å². The molecule has 7 heteroatoms. The van der Waals surface area contributed by atoms with Gasteiger partial charge in [0.25, 0.3) is 11.6 Å². The Morgan fingerprint density at radius 2 is 2.05 bits per heavy atom. The third-order valence-corrected chi connectivity index (χ3v) is 2.92. The molecule has 0 radical (unpaired) electrons. The fourth-order valence-corrected chi connectivity index (χ4v) is 1.78. The van der Waals surface area contributed by atoms with Gasteiger partial charge in [0, 0.05) is 6.54 Å². The van der Waals surface area contributed by atoms with E-state index in [0.717, 1.165) is 17.3 Å². The van der Waals surface area contributed by atoms with E-state index in [2.05, 4.69) is 10.3 Å². The van der Waals surface area contributed by atoms with E-state index in [9.17, 15) is 14.9 Å². The van der Waals surface area contributed by atoms with Crippen molar-refractivity contribution < 1.29 is 9.72 Å². The van der Waals surface area contributed by atoms with E-state index >= 15 is 0 Å². The maximum atomic E-state index is 12.1. The van der Waals surface area contributed by atoms with Crippen LogP contribution < -0.4 is 11.1 Å². The van der Waals surface area contributed by atoms with Gasteiger partial charge >= 0.3 is 0 Å². The van der Waals surface area contributed by atoms with Crippen LogP contribution in [0, 0.1) is 17.0 Å². The topological polar surface area (TPSA) is 111 Å². The number of nitrogen functional groups attached to an aromatic ring is 1. The molecule has 0 unspecified atom stereocenters. The Kier molecular flexibility index (Phi) is 4.13. The number of aryl methyl sites for hydroxylation is 1. The fraction of sp³-hybridized carbons (Fsp3) is 0.143. The van der Waals surface area contributed by atoms with Gasteiger partial charge in [-0.15, -0.1) is 0 Å². The molecule has 7 nitrogen and oxygen atoms in total. The average Bonchev–Trinajstić information content (AvgIpc) is 2.46. The van der Waals surface area contributed by atoms with Crippen LogP contribution in [-0.4, -0.2) is 15.8 Å². The third kappa shape index (κ3) is 3.53. The van der Waals surface area contributed by atoms with E-state index < -0.39 is 10.8 Å². The number of nitrogens with zero attached hydrogens (tertiary/aromatic N) is 2. The summed E-state index contributed by atoms with van der Waals surface area (Å²) in [5.74, 6) is -0.502. The van der Waals surface area contributed by atoms with Crippen LogP contribution >= 0.6 is 0 Å². The molecule has 3 N–H and O–H groups in total. The van der Waals surface area contributed by atoms with Crippen molar-refractivity contribution in [2.75, 3.05) is 5.73 Å². The summed E-state index contributed by atoms with van der Waals surface area (Å²) in [6.07, 6.45) is 0.982. The zero-order chi connectivity index (χ0) is 15.4. The van der Waals surface area contributed by atoms with Crippen LogP contribution in [0.15, 0.2) is 36.5 Å². The Morgan fingerprint density at radius 1 is 1.38 bits per heavy atom. The monoisotopic (exact) mass is 286 g/mol. The highest BCUT2D eigenvalue weighted by atomic mass is 16.6. The summed E-state index contributed by atoms with van der Waals surface area (Å²) in [6, 6.07) is 8.81. The Hall–Kier alpha value is -2.96. The largest absolute Gasteiger partial charge is 0.384 e. The molecule has 0 aliphatic rings. The van der Waals surface area contributed by atoms with Gasteiger partial charge in [-0.2, -0.15) is 0 Å². The Bertz CT molecular complexity index is 683. The van der Waals surface area contributed by atoms with E-state index in [1.54, 1.807) is 0 Å². The predicted molar refractivity (Wildman–Crippen MR) is 77.7 cm³/mol. The lowest BCUT2D eigenvalue weighted by atomic mass is 10.1. The highest BCUT2D eigenvalue weighted by Crippen LogP contribution is 2.19. The van der Waals surface area contributed by atoms with Crippen LogP contribution in [-0.2, 0) is 6.54 Å². The highest BCUT2D eigenvalue weighted by Gasteiger charge is 2.20. The van der Waals surface area contributed by atoms with E-state index in [4.69, 9.17) is 5.73 Å². The number of amides is 1. The first kappa shape index (κ1) is 14.4. The van der Waals surface area contributed by atoms with Gasteiger partial charge < -0.3 is 11.1 Å². The van der Waals surface area contributed by atoms with Gasteiger partial charge in [0.1, 0.15) is 17.6 Å². The number of nitrogens with two attached hydrogens (primary N) is 1. The molecule has 0 bridgehead atoms. The minimum atomic E-state index is -0.659. The van der Waals surface area contributed by atoms with Gasteiger partial charge in [0.2, 0.25) is 0 Å². The first-order chi connectivity index (χ1) is 9.97. The fourth-order valence-electron chi connectivity index (χ4n) is 1.78. The number of aromatic nitrogens is 1. The smallest absolute Gasteiger partial charge is 0.300 e. The molecule has 2 aromatic rings. The molecule has 0 aliphatic heterocycles. The predicted octanol–water partition coefficient (Wildman–Crippen LogP) is 1.81. The number of benzene rings is 1. The van der Waals surface area contributed by atoms with Crippen LogP contribution in [0.2, 0.25) is 0 Å². The van der Waals surface area contributed by atoms with Crippen LogP contribution in [0.25, 0.3) is 0 Å². The van der Waals surface area contributed by atoms with Crippen molar-refractivity contribution in [3.8, 4) is 0 Å². The van der Waals surface area contributed by atoms with E-state index in [1.807, 2.05) is 31.2 Å².